The van der Waals surface area contributed by atoms with Crippen molar-refractivity contribution in [1.29, 1.82) is 0 Å². The molecule has 2 aromatic carbocycles. The van der Waals surface area contributed by atoms with Crippen molar-refractivity contribution in [3.8, 4) is 17.2 Å². The number of halogens is 2. The minimum atomic E-state index is -0.185. The normalized spacial score (nSPS) is 10.4. The standard InChI is InChI=1S/C19H21BrClNO4/c1-5-26-18-15(21)9-12(10-17(18)25-4)19(23)22(2)11-13-8-14(20)6-7-16(13)24-3/h6-10H,5,11H2,1-4H3. The van der Waals surface area contributed by atoms with Gasteiger partial charge in [0, 0.05) is 29.2 Å². The predicted octanol–water partition coefficient (Wildman–Crippen LogP) is 4.79. The molecule has 2 aromatic rings. The fraction of sp³-hybridized carbons (Fsp3) is 0.316. The lowest BCUT2D eigenvalue weighted by molar-refractivity contribution is 0.0783. The van der Waals surface area contributed by atoms with Gasteiger partial charge in [-0.2, -0.15) is 0 Å². The molecular formula is C19H21BrClNO4. The molecule has 0 fully saturated rings. The summed E-state index contributed by atoms with van der Waals surface area (Å²) >= 11 is 9.71. The summed E-state index contributed by atoms with van der Waals surface area (Å²) < 4.78 is 17.1. The second-order valence-corrected chi connectivity index (χ2v) is 6.86. The van der Waals surface area contributed by atoms with Crippen molar-refractivity contribution in [2.45, 2.75) is 13.5 Å². The van der Waals surface area contributed by atoms with E-state index in [0.29, 0.717) is 35.2 Å². The quantitative estimate of drug-likeness (QED) is 0.618. The second kappa shape index (κ2) is 9.14. The summed E-state index contributed by atoms with van der Waals surface area (Å²) in [7, 11) is 4.84. The van der Waals surface area contributed by atoms with Gasteiger partial charge < -0.3 is 19.1 Å². The summed E-state index contributed by atoms with van der Waals surface area (Å²) in [4.78, 5) is 14.4. The van der Waals surface area contributed by atoms with Gasteiger partial charge in [0.15, 0.2) is 11.5 Å². The topological polar surface area (TPSA) is 48.0 Å². The van der Waals surface area contributed by atoms with Crippen molar-refractivity contribution in [3.63, 3.8) is 0 Å². The minimum absolute atomic E-state index is 0.185. The first-order valence-electron chi connectivity index (χ1n) is 7.99. The van der Waals surface area contributed by atoms with E-state index in [1.807, 2.05) is 25.1 Å². The molecule has 0 aromatic heterocycles. The van der Waals surface area contributed by atoms with Crippen LogP contribution in [0.15, 0.2) is 34.8 Å². The fourth-order valence-corrected chi connectivity index (χ4v) is 3.22. The van der Waals surface area contributed by atoms with Crippen molar-refractivity contribution < 1.29 is 19.0 Å². The number of amides is 1. The lowest BCUT2D eigenvalue weighted by Crippen LogP contribution is -2.26. The van der Waals surface area contributed by atoms with Gasteiger partial charge in [0.1, 0.15) is 5.75 Å². The van der Waals surface area contributed by atoms with Crippen LogP contribution in [0.4, 0.5) is 0 Å². The molecule has 0 saturated carbocycles. The SMILES string of the molecule is CCOc1c(Cl)cc(C(=O)N(C)Cc2cc(Br)ccc2OC)cc1OC. The van der Waals surface area contributed by atoms with E-state index in [0.717, 1.165) is 15.8 Å². The Bertz CT molecular complexity index is 797. The van der Waals surface area contributed by atoms with Crippen LogP contribution < -0.4 is 14.2 Å². The Hall–Kier alpha value is -1.92. The predicted molar refractivity (Wildman–Crippen MR) is 106 cm³/mol. The molecule has 0 aliphatic rings. The van der Waals surface area contributed by atoms with Gasteiger partial charge in [-0.05, 0) is 37.3 Å². The maximum atomic E-state index is 12.8. The summed E-state index contributed by atoms with van der Waals surface area (Å²) in [6.07, 6.45) is 0. The maximum absolute atomic E-state index is 12.8. The Labute approximate surface area is 166 Å². The average molecular weight is 443 g/mol. The van der Waals surface area contributed by atoms with E-state index in [2.05, 4.69) is 15.9 Å². The van der Waals surface area contributed by atoms with Gasteiger partial charge in [0.25, 0.3) is 5.91 Å². The van der Waals surface area contributed by atoms with Crippen LogP contribution in [0.2, 0.25) is 5.02 Å². The number of rotatable bonds is 7. The highest BCUT2D eigenvalue weighted by atomic mass is 79.9. The van der Waals surface area contributed by atoms with Crippen molar-refractivity contribution in [1.82, 2.24) is 4.90 Å². The largest absolute Gasteiger partial charge is 0.496 e. The molecule has 5 nitrogen and oxygen atoms in total. The molecule has 2 rings (SSSR count). The summed E-state index contributed by atoms with van der Waals surface area (Å²) in [5.74, 6) is 1.39. The summed E-state index contributed by atoms with van der Waals surface area (Å²) in [6, 6.07) is 8.89. The molecule has 0 aliphatic heterocycles. The first kappa shape index (κ1) is 20.4. The monoisotopic (exact) mass is 441 g/mol. The van der Waals surface area contributed by atoms with Crippen molar-refractivity contribution in [3.05, 3.63) is 51.0 Å². The number of benzene rings is 2. The van der Waals surface area contributed by atoms with Crippen LogP contribution in [-0.2, 0) is 6.54 Å². The molecule has 140 valence electrons. The number of methoxy groups -OCH3 is 2. The highest BCUT2D eigenvalue weighted by Crippen LogP contribution is 2.37. The number of carbonyl (C=O) groups excluding carboxylic acids is 1. The Balaban J connectivity index is 2.28. The van der Waals surface area contributed by atoms with Gasteiger partial charge >= 0.3 is 0 Å². The van der Waals surface area contributed by atoms with E-state index in [4.69, 9.17) is 25.8 Å². The van der Waals surface area contributed by atoms with Crippen molar-refractivity contribution in [2.75, 3.05) is 27.9 Å². The second-order valence-electron chi connectivity index (χ2n) is 5.54. The van der Waals surface area contributed by atoms with E-state index in [1.165, 1.54) is 7.11 Å². The lowest BCUT2D eigenvalue weighted by atomic mass is 10.1. The van der Waals surface area contributed by atoms with Gasteiger partial charge in [-0.3, -0.25) is 4.79 Å². The van der Waals surface area contributed by atoms with Gasteiger partial charge in [-0.1, -0.05) is 27.5 Å². The van der Waals surface area contributed by atoms with Crippen LogP contribution in [-0.4, -0.2) is 38.7 Å². The van der Waals surface area contributed by atoms with Crippen LogP contribution in [0.5, 0.6) is 17.2 Å². The van der Waals surface area contributed by atoms with Crippen LogP contribution in [0.3, 0.4) is 0 Å². The molecule has 0 atom stereocenters. The minimum Gasteiger partial charge on any atom is -0.496 e. The van der Waals surface area contributed by atoms with Gasteiger partial charge in [-0.25, -0.2) is 0 Å². The molecule has 1 amide bonds. The first-order chi connectivity index (χ1) is 12.4. The highest BCUT2D eigenvalue weighted by Gasteiger charge is 2.19. The maximum Gasteiger partial charge on any atom is 0.254 e. The molecule has 26 heavy (non-hydrogen) atoms. The highest BCUT2D eigenvalue weighted by molar-refractivity contribution is 9.10. The smallest absolute Gasteiger partial charge is 0.254 e. The van der Waals surface area contributed by atoms with E-state index < -0.39 is 0 Å². The zero-order chi connectivity index (χ0) is 19.3. The third-order valence-electron chi connectivity index (χ3n) is 3.76. The molecule has 0 spiro atoms. The molecule has 0 saturated heterocycles. The Kier molecular flexibility index (Phi) is 7.17. The molecule has 0 unspecified atom stereocenters. The van der Waals surface area contributed by atoms with Crippen molar-refractivity contribution >= 4 is 33.4 Å². The Morgan fingerprint density at radius 2 is 1.85 bits per heavy atom. The number of hydrogen-bond donors (Lipinski definition) is 0. The van der Waals surface area contributed by atoms with E-state index in [-0.39, 0.29) is 5.91 Å². The molecule has 0 N–H and O–H groups in total. The van der Waals surface area contributed by atoms with Crippen molar-refractivity contribution in [2.24, 2.45) is 0 Å². The van der Waals surface area contributed by atoms with Gasteiger partial charge in [0.2, 0.25) is 0 Å². The third kappa shape index (κ3) is 4.62. The van der Waals surface area contributed by atoms with Crippen LogP contribution >= 0.6 is 27.5 Å². The zero-order valence-electron chi connectivity index (χ0n) is 15.1. The number of hydrogen-bond acceptors (Lipinski definition) is 4. The van der Waals surface area contributed by atoms with Crippen LogP contribution in [0, 0.1) is 0 Å². The lowest BCUT2D eigenvalue weighted by Gasteiger charge is -2.20. The number of carbonyl (C=O) groups is 1. The van der Waals surface area contributed by atoms with Crippen LogP contribution in [0.1, 0.15) is 22.8 Å². The molecule has 0 radical (unpaired) electrons. The molecular weight excluding hydrogens is 422 g/mol. The van der Waals surface area contributed by atoms with E-state index >= 15 is 0 Å². The van der Waals surface area contributed by atoms with Gasteiger partial charge in [0.05, 0.1) is 25.8 Å². The van der Waals surface area contributed by atoms with E-state index in [9.17, 15) is 4.79 Å². The first-order valence-corrected chi connectivity index (χ1v) is 9.16. The number of ether oxygens (including phenoxy) is 3. The molecule has 0 bridgehead atoms. The average Bonchev–Trinajstić information content (AvgIpc) is 2.62. The molecule has 7 heteroatoms. The zero-order valence-corrected chi connectivity index (χ0v) is 17.5. The Morgan fingerprint density at radius 1 is 1.15 bits per heavy atom. The van der Waals surface area contributed by atoms with Crippen LogP contribution in [0.25, 0.3) is 0 Å². The molecule has 0 aliphatic carbocycles. The van der Waals surface area contributed by atoms with E-state index in [1.54, 1.807) is 31.2 Å². The third-order valence-corrected chi connectivity index (χ3v) is 4.54. The number of nitrogens with zero attached hydrogens (tertiary/aromatic N) is 1. The van der Waals surface area contributed by atoms with Gasteiger partial charge in [-0.15, -0.1) is 0 Å². The Morgan fingerprint density at radius 3 is 2.46 bits per heavy atom. The summed E-state index contributed by atoms with van der Waals surface area (Å²) in [5, 5.41) is 0.336. The summed E-state index contributed by atoms with van der Waals surface area (Å²) in [5.41, 5.74) is 1.31. The molecule has 0 heterocycles. The fourth-order valence-electron chi connectivity index (χ4n) is 2.55. The summed E-state index contributed by atoms with van der Waals surface area (Å²) in [6.45, 7) is 2.69.